The molecular weight excluding hydrogens is 544 g/mol. The van der Waals surface area contributed by atoms with E-state index in [0.717, 1.165) is 4.31 Å². The lowest BCUT2D eigenvalue weighted by Crippen LogP contribution is -2.50. The molecule has 2 aromatic rings. The zero-order valence-corrected chi connectivity index (χ0v) is 25.5. The van der Waals surface area contributed by atoms with Gasteiger partial charge in [0.05, 0.1) is 23.6 Å². The Morgan fingerprint density at radius 3 is 2.12 bits per heavy atom. The minimum absolute atomic E-state index is 0.0492. The van der Waals surface area contributed by atoms with E-state index in [9.17, 15) is 27.9 Å². The number of anilines is 1. The van der Waals surface area contributed by atoms with E-state index < -0.39 is 51.9 Å². The van der Waals surface area contributed by atoms with Crippen LogP contribution >= 0.6 is 0 Å². The largest absolute Gasteiger partial charge is 0.391 e. The van der Waals surface area contributed by atoms with Crippen molar-refractivity contribution in [2.24, 2.45) is 23.5 Å². The third-order valence-electron chi connectivity index (χ3n) is 6.90. The number of aliphatic hydroxyl groups is 1. The van der Waals surface area contributed by atoms with E-state index >= 15 is 0 Å². The molecule has 11 heteroatoms. The van der Waals surface area contributed by atoms with Gasteiger partial charge in [0.1, 0.15) is 6.04 Å². The van der Waals surface area contributed by atoms with Gasteiger partial charge in [-0.25, -0.2) is 8.42 Å². The van der Waals surface area contributed by atoms with Gasteiger partial charge in [-0.05, 0) is 48.4 Å². The first-order valence-electron chi connectivity index (χ1n) is 13.8. The molecule has 0 aromatic heterocycles. The summed E-state index contributed by atoms with van der Waals surface area (Å²) in [6, 6.07) is 13.6. The highest BCUT2D eigenvalue weighted by Gasteiger charge is 2.29. The van der Waals surface area contributed by atoms with Crippen molar-refractivity contribution in [3.8, 4) is 0 Å². The molecule has 0 aliphatic carbocycles. The minimum atomic E-state index is -3.71. The SMILES string of the molecule is CC(C)C[C@H](NC(=O)c1cccc(N(C)S(=O)(=O)Cc2ccccc2)c1)[C@@H](O)C[C@@H](C)C(=O)N[C@H](C(N)=O)C(C)C. The van der Waals surface area contributed by atoms with Crippen molar-refractivity contribution in [1.29, 1.82) is 0 Å². The number of sulfonamides is 1. The van der Waals surface area contributed by atoms with Crippen LogP contribution in [0.25, 0.3) is 0 Å². The fourth-order valence-electron chi connectivity index (χ4n) is 4.45. The van der Waals surface area contributed by atoms with Gasteiger partial charge in [0.2, 0.25) is 21.8 Å². The maximum Gasteiger partial charge on any atom is 0.251 e. The Bertz CT molecular complexity index is 1280. The van der Waals surface area contributed by atoms with Gasteiger partial charge in [0, 0.05) is 18.5 Å². The number of primary amides is 1. The van der Waals surface area contributed by atoms with Gasteiger partial charge in [-0.15, -0.1) is 0 Å². The molecule has 5 N–H and O–H groups in total. The predicted octanol–water partition coefficient (Wildman–Crippen LogP) is 2.81. The summed E-state index contributed by atoms with van der Waals surface area (Å²) >= 11 is 0. The molecule has 4 atom stereocenters. The zero-order valence-electron chi connectivity index (χ0n) is 24.7. The maximum absolute atomic E-state index is 13.3. The summed E-state index contributed by atoms with van der Waals surface area (Å²) in [5.41, 5.74) is 6.61. The third kappa shape index (κ3) is 10.2. The molecule has 0 heterocycles. The van der Waals surface area contributed by atoms with Gasteiger partial charge < -0.3 is 21.5 Å². The number of carbonyl (C=O) groups excluding carboxylic acids is 3. The van der Waals surface area contributed by atoms with Crippen molar-refractivity contribution in [2.45, 2.75) is 71.4 Å². The molecule has 0 bridgehead atoms. The Kier molecular flexibility index (Phi) is 12.3. The quantitative estimate of drug-likeness (QED) is 0.250. The molecule has 0 saturated heterocycles. The van der Waals surface area contributed by atoms with Gasteiger partial charge in [-0.2, -0.15) is 0 Å². The first kappa shape index (κ1) is 33.8. The fourth-order valence-corrected chi connectivity index (χ4v) is 5.69. The van der Waals surface area contributed by atoms with Crippen LogP contribution in [0, 0.1) is 17.8 Å². The normalized spacial score (nSPS) is 14.7. The van der Waals surface area contributed by atoms with Crippen LogP contribution in [0.5, 0.6) is 0 Å². The number of benzene rings is 2. The number of nitrogens with one attached hydrogen (secondary N) is 2. The number of aliphatic hydroxyl groups excluding tert-OH is 1. The van der Waals surface area contributed by atoms with Crippen LogP contribution in [0.15, 0.2) is 54.6 Å². The van der Waals surface area contributed by atoms with E-state index in [1.807, 2.05) is 19.9 Å². The molecular formula is C30H44N4O6S. The Morgan fingerprint density at radius 1 is 0.927 bits per heavy atom. The van der Waals surface area contributed by atoms with Crippen molar-refractivity contribution in [3.63, 3.8) is 0 Å². The van der Waals surface area contributed by atoms with Crippen LogP contribution < -0.4 is 20.7 Å². The average Bonchev–Trinajstić information content (AvgIpc) is 2.90. The Morgan fingerprint density at radius 2 is 1.56 bits per heavy atom. The molecule has 0 fully saturated rings. The van der Waals surface area contributed by atoms with Crippen LogP contribution in [0.2, 0.25) is 0 Å². The monoisotopic (exact) mass is 588 g/mol. The van der Waals surface area contributed by atoms with Crippen molar-refractivity contribution >= 4 is 33.4 Å². The first-order chi connectivity index (χ1) is 19.1. The highest BCUT2D eigenvalue weighted by Crippen LogP contribution is 2.22. The topological polar surface area (TPSA) is 159 Å². The number of rotatable bonds is 15. The molecule has 2 rings (SSSR count). The average molecular weight is 589 g/mol. The van der Waals surface area contributed by atoms with Gasteiger partial charge in [-0.3, -0.25) is 18.7 Å². The van der Waals surface area contributed by atoms with E-state index in [-0.39, 0.29) is 29.6 Å². The lowest BCUT2D eigenvalue weighted by molar-refractivity contribution is -0.131. The molecule has 41 heavy (non-hydrogen) atoms. The Hall–Kier alpha value is -3.44. The summed E-state index contributed by atoms with van der Waals surface area (Å²) in [5.74, 6) is -2.42. The molecule has 226 valence electrons. The molecule has 0 spiro atoms. The summed E-state index contributed by atoms with van der Waals surface area (Å²) in [6.45, 7) is 9.09. The fraction of sp³-hybridized carbons (Fsp3) is 0.500. The minimum Gasteiger partial charge on any atom is -0.391 e. The number of nitrogens with zero attached hydrogens (tertiary/aromatic N) is 1. The lowest BCUT2D eigenvalue weighted by Gasteiger charge is -2.28. The molecule has 0 unspecified atom stereocenters. The van der Waals surface area contributed by atoms with E-state index in [1.54, 1.807) is 63.2 Å². The highest BCUT2D eigenvalue weighted by molar-refractivity contribution is 7.92. The highest BCUT2D eigenvalue weighted by atomic mass is 32.2. The van der Waals surface area contributed by atoms with Crippen molar-refractivity contribution in [1.82, 2.24) is 10.6 Å². The number of carbonyl (C=O) groups is 3. The third-order valence-corrected chi connectivity index (χ3v) is 8.64. The second kappa shape index (κ2) is 15.0. The van der Waals surface area contributed by atoms with Gasteiger partial charge >= 0.3 is 0 Å². The molecule has 3 amide bonds. The van der Waals surface area contributed by atoms with Crippen LogP contribution in [0.1, 0.15) is 63.4 Å². The summed E-state index contributed by atoms with van der Waals surface area (Å²) < 4.78 is 27.2. The van der Waals surface area contributed by atoms with Gasteiger partial charge in [0.15, 0.2) is 0 Å². The molecule has 0 aliphatic rings. The van der Waals surface area contributed by atoms with Crippen LogP contribution in [-0.2, 0) is 25.4 Å². The van der Waals surface area contributed by atoms with E-state index in [2.05, 4.69) is 10.6 Å². The first-order valence-corrected chi connectivity index (χ1v) is 15.4. The van der Waals surface area contributed by atoms with Crippen LogP contribution in [0.3, 0.4) is 0 Å². The smallest absolute Gasteiger partial charge is 0.251 e. The van der Waals surface area contributed by atoms with Gasteiger partial charge in [-0.1, -0.05) is 71.0 Å². The van der Waals surface area contributed by atoms with Gasteiger partial charge in [0.25, 0.3) is 5.91 Å². The van der Waals surface area contributed by atoms with Crippen molar-refractivity contribution < 1.29 is 27.9 Å². The number of hydrogen-bond acceptors (Lipinski definition) is 6. The van der Waals surface area contributed by atoms with Crippen molar-refractivity contribution in [3.05, 3.63) is 65.7 Å². The van der Waals surface area contributed by atoms with Crippen molar-refractivity contribution in [2.75, 3.05) is 11.4 Å². The number of nitrogens with two attached hydrogens (primary N) is 1. The molecule has 0 aliphatic heterocycles. The summed E-state index contributed by atoms with van der Waals surface area (Å²) in [6.07, 6.45) is -0.555. The summed E-state index contributed by atoms with van der Waals surface area (Å²) in [5, 5.41) is 16.6. The van der Waals surface area contributed by atoms with Crippen LogP contribution in [0.4, 0.5) is 5.69 Å². The molecule has 0 radical (unpaired) electrons. The van der Waals surface area contributed by atoms with Crippen LogP contribution in [-0.4, -0.2) is 56.5 Å². The molecule has 2 aromatic carbocycles. The second-order valence-electron chi connectivity index (χ2n) is 11.3. The lowest BCUT2D eigenvalue weighted by atomic mass is 9.91. The predicted molar refractivity (Wildman–Crippen MR) is 160 cm³/mol. The van der Waals surface area contributed by atoms with E-state index in [0.29, 0.717) is 17.7 Å². The maximum atomic E-state index is 13.3. The van der Waals surface area contributed by atoms with E-state index in [1.165, 1.54) is 13.1 Å². The Balaban J connectivity index is 2.15. The molecule has 10 nitrogen and oxygen atoms in total. The summed E-state index contributed by atoms with van der Waals surface area (Å²) in [7, 11) is -2.27. The Labute approximate surface area is 243 Å². The zero-order chi connectivity index (χ0) is 30.9. The second-order valence-corrected chi connectivity index (χ2v) is 13.3. The number of amides is 3. The van der Waals surface area contributed by atoms with E-state index in [4.69, 9.17) is 5.73 Å². The number of hydrogen-bond donors (Lipinski definition) is 4. The standard InChI is InChI=1S/C30H44N4O6S/c1-19(2)15-25(26(35)16-21(5)29(37)33-27(20(3)4)28(31)36)32-30(38)23-13-10-14-24(17-23)34(6)41(39,40)18-22-11-8-7-9-12-22/h7-14,17,19-21,25-27,35H,15-16,18H2,1-6H3,(H2,31,36)(H,32,38)(H,33,37)/t21-,25+,26+,27+/m1/s1. The molecule has 0 saturated carbocycles. The summed E-state index contributed by atoms with van der Waals surface area (Å²) in [4.78, 5) is 37.6.